The fourth-order valence-corrected chi connectivity index (χ4v) is 13.3. The van der Waals surface area contributed by atoms with E-state index in [1.54, 1.807) is 0 Å². The average Bonchev–Trinajstić information content (AvgIpc) is 2.03. The summed E-state index contributed by atoms with van der Waals surface area (Å²) in [6, 6.07) is 113. The maximum atomic E-state index is 5.53. The van der Waals surface area contributed by atoms with Gasteiger partial charge < -0.3 is 9.13 Å². The number of aromatic nitrogens is 6. The van der Waals surface area contributed by atoms with E-state index in [1.807, 2.05) is 0 Å². The number of para-hydroxylation sites is 6. The lowest BCUT2D eigenvalue weighted by Gasteiger charge is -2.17. The molecule has 4 aromatic heterocycles. The van der Waals surface area contributed by atoms with Crippen molar-refractivity contribution in [2.75, 3.05) is 0 Å². The van der Waals surface area contributed by atoms with Crippen LogP contribution in [0.4, 0.5) is 0 Å². The third kappa shape index (κ3) is 8.45. The Morgan fingerprint density at radius 2 is 0.529 bits per heavy atom. The topological polar surface area (TPSA) is 53.5 Å². The largest absolute Gasteiger partial charge is 0.309 e. The number of rotatable bonds is 10. The van der Waals surface area contributed by atoms with E-state index in [9.17, 15) is 0 Å². The Morgan fingerprint density at radius 1 is 0.184 bits per heavy atom. The summed E-state index contributed by atoms with van der Waals surface area (Å²) >= 11 is 0. The van der Waals surface area contributed by atoms with Gasteiger partial charge >= 0.3 is 0 Å². The van der Waals surface area contributed by atoms with E-state index in [-0.39, 0.29) is 0 Å². The standard InChI is InChI=1S/C81H52N6/c1-3-21-53(22-4-1)57-25-19-26-58(49-57)59-27-20-28-61(50-59)63-47-45-62(52-78(63)86-73-37-15-9-31-66(73)67-32-10-16-38-74(67)86)80-82-79(83-81(84-80)87-75-39-17-11-33-68(75)69-34-12-18-40-76(69)87)56-43-41-55(42-44-56)70-51-60(54-23-5-2-6-24-54)46-48-77(70)85-71-35-13-7-29-64(71)65-30-8-14-36-72(65)85/h1-52H. The second-order valence-electron chi connectivity index (χ2n) is 22.3. The smallest absolute Gasteiger partial charge is 0.238 e. The highest BCUT2D eigenvalue weighted by molar-refractivity contribution is 6.12. The zero-order valence-electron chi connectivity index (χ0n) is 47.2. The zero-order chi connectivity index (χ0) is 57.4. The Bertz CT molecular complexity index is 5360. The minimum Gasteiger partial charge on any atom is -0.309 e. The molecule has 6 heteroatoms. The molecule has 17 rings (SSSR count). The van der Waals surface area contributed by atoms with Crippen molar-refractivity contribution < 1.29 is 0 Å². The van der Waals surface area contributed by atoms with Crippen LogP contribution in [0, 0.1) is 0 Å². The van der Waals surface area contributed by atoms with Crippen LogP contribution >= 0.6 is 0 Å². The summed E-state index contributed by atoms with van der Waals surface area (Å²) in [5.74, 6) is 1.66. The molecular weight excluding hydrogens is 1060 g/mol. The van der Waals surface area contributed by atoms with Gasteiger partial charge in [0, 0.05) is 54.6 Å². The molecule has 0 fully saturated rings. The third-order valence-corrected chi connectivity index (χ3v) is 17.3. The number of benzene rings is 13. The van der Waals surface area contributed by atoms with Gasteiger partial charge in [0.1, 0.15) is 0 Å². The van der Waals surface area contributed by atoms with Crippen LogP contribution in [0.5, 0.6) is 0 Å². The van der Waals surface area contributed by atoms with Crippen molar-refractivity contribution in [3.05, 3.63) is 315 Å². The second kappa shape index (κ2) is 20.6. The number of hydrogen-bond acceptors (Lipinski definition) is 3. The van der Waals surface area contributed by atoms with E-state index >= 15 is 0 Å². The van der Waals surface area contributed by atoms with E-state index in [4.69, 9.17) is 15.0 Å². The molecule has 0 N–H and O–H groups in total. The Morgan fingerprint density at radius 3 is 1.02 bits per heavy atom. The van der Waals surface area contributed by atoms with Crippen LogP contribution in [-0.2, 0) is 0 Å². The molecule has 0 radical (unpaired) electrons. The molecule has 0 saturated heterocycles. The minimum atomic E-state index is 0.536. The van der Waals surface area contributed by atoms with E-state index in [2.05, 4.69) is 329 Å². The summed E-state index contributed by atoms with van der Waals surface area (Å²) in [5.41, 5.74) is 21.7. The van der Waals surface area contributed by atoms with Gasteiger partial charge in [-0.3, -0.25) is 4.57 Å². The van der Waals surface area contributed by atoms with Crippen LogP contribution < -0.4 is 0 Å². The first-order valence-electron chi connectivity index (χ1n) is 29.6. The fourth-order valence-electron chi connectivity index (χ4n) is 13.3. The maximum absolute atomic E-state index is 5.53. The lowest BCUT2D eigenvalue weighted by molar-refractivity contribution is 0.953. The molecule has 0 atom stereocenters. The van der Waals surface area contributed by atoms with E-state index in [1.165, 1.54) is 32.7 Å². The van der Waals surface area contributed by atoms with E-state index in [0.717, 1.165) is 111 Å². The van der Waals surface area contributed by atoms with Crippen LogP contribution in [-0.4, -0.2) is 28.7 Å². The van der Waals surface area contributed by atoms with E-state index in [0.29, 0.717) is 17.6 Å². The highest BCUT2D eigenvalue weighted by Crippen LogP contribution is 2.42. The zero-order valence-corrected chi connectivity index (χ0v) is 47.2. The van der Waals surface area contributed by atoms with Crippen LogP contribution in [0.3, 0.4) is 0 Å². The van der Waals surface area contributed by atoms with Crippen molar-refractivity contribution in [3.8, 4) is 95.7 Å². The Kier molecular flexibility index (Phi) is 11.8. The molecule has 0 amide bonds. The monoisotopic (exact) mass is 1110 g/mol. The maximum Gasteiger partial charge on any atom is 0.238 e. The van der Waals surface area contributed by atoms with Crippen LogP contribution in [0.25, 0.3) is 161 Å². The first-order valence-corrected chi connectivity index (χ1v) is 29.6. The van der Waals surface area contributed by atoms with Gasteiger partial charge in [-0.2, -0.15) is 9.97 Å². The average molecular weight is 1110 g/mol. The molecule has 17 aromatic rings. The Balaban J connectivity index is 0.863. The van der Waals surface area contributed by atoms with Crippen molar-refractivity contribution >= 4 is 65.4 Å². The highest BCUT2D eigenvalue weighted by atomic mass is 15.2. The molecule has 6 nitrogen and oxygen atoms in total. The highest BCUT2D eigenvalue weighted by Gasteiger charge is 2.23. The van der Waals surface area contributed by atoms with Crippen molar-refractivity contribution in [3.63, 3.8) is 0 Å². The number of hydrogen-bond donors (Lipinski definition) is 0. The first kappa shape index (κ1) is 49.8. The number of fused-ring (bicyclic) bond motifs is 9. The van der Waals surface area contributed by atoms with Crippen molar-refractivity contribution in [1.29, 1.82) is 0 Å². The lowest BCUT2D eigenvalue weighted by Crippen LogP contribution is -2.07. The molecule has 0 aliphatic carbocycles. The number of nitrogens with zero attached hydrogens (tertiary/aromatic N) is 6. The Labute approximate surface area is 502 Å². The van der Waals surface area contributed by atoms with Gasteiger partial charge in [0.25, 0.3) is 0 Å². The summed E-state index contributed by atoms with van der Waals surface area (Å²) in [4.78, 5) is 16.5. The predicted molar refractivity (Wildman–Crippen MR) is 361 cm³/mol. The minimum absolute atomic E-state index is 0.536. The molecule has 0 unspecified atom stereocenters. The molecule has 406 valence electrons. The van der Waals surface area contributed by atoms with Gasteiger partial charge in [0.05, 0.1) is 44.5 Å². The summed E-state index contributed by atoms with van der Waals surface area (Å²) in [6.45, 7) is 0. The van der Waals surface area contributed by atoms with Gasteiger partial charge in [-0.05, 0) is 111 Å². The van der Waals surface area contributed by atoms with Gasteiger partial charge in [-0.1, -0.05) is 249 Å². The lowest BCUT2D eigenvalue weighted by atomic mass is 9.95. The molecule has 0 aliphatic rings. The molecule has 0 saturated carbocycles. The van der Waals surface area contributed by atoms with Gasteiger partial charge in [0.15, 0.2) is 11.6 Å². The second-order valence-corrected chi connectivity index (χ2v) is 22.3. The van der Waals surface area contributed by atoms with Crippen molar-refractivity contribution in [2.45, 2.75) is 0 Å². The summed E-state index contributed by atoms with van der Waals surface area (Å²) in [5, 5.41) is 7.07. The van der Waals surface area contributed by atoms with Gasteiger partial charge in [0.2, 0.25) is 5.95 Å². The summed E-state index contributed by atoms with van der Waals surface area (Å²) < 4.78 is 7.03. The van der Waals surface area contributed by atoms with Crippen molar-refractivity contribution in [2.24, 2.45) is 0 Å². The third-order valence-electron chi connectivity index (χ3n) is 17.3. The molecule has 0 bridgehead atoms. The molecule has 13 aromatic carbocycles. The van der Waals surface area contributed by atoms with Crippen molar-refractivity contribution in [1.82, 2.24) is 28.7 Å². The molecule has 0 spiro atoms. The molecule has 87 heavy (non-hydrogen) atoms. The quantitative estimate of drug-likeness (QED) is 0.137. The van der Waals surface area contributed by atoms with Gasteiger partial charge in [-0.25, -0.2) is 4.98 Å². The fraction of sp³-hybridized carbons (Fsp3) is 0. The molecule has 0 aliphatic heterocycles. The summed E-state index contributed by atoms with van der Waals surface area (Å²) in [6.07, 6.45) is 0. The predicted octanol–water partition coefficient (Wildman–Crippen LogP) is 20.8. The summed E-state index contributed by atoms with van der Waals surface area (Å²) in [7, 11) is 0. The first-order chi connectivity index (χ1) is 43.1. The van der Waals surface area contributed by atoms with Gasteiger partial charge in [-0.15, -0.1) is 0 Å². The van der Waals surface area contributed by atoms with Crippen LogP contribution in [0.1, 0.15) is 0 Å². The Hall–Kier alpha value is -11.7. The molecule has 4 heterocycles. The normalized spacial score (nSPS) is 11.7. The van der Waals surface area contributed by atoms with Crippen LogP contribution in [0.2, 0.25) is 0 Å². The molecular formula is C81H52N6. The van der Waals surface area contributed by atoms with E-state index < -0.39 is 0 Å². The SMILES string of the molecule is c1ccc(-c2cccc(-c3cccc(-c4ccc(-c5nc(-c6ccc(-c7cc(-c8ccccc8)ccc7-n7c8ccccc8c8ccccc87)cc6)nc(-n6c7ccccc7c7ccccc76)n5)cc4-n4c5ccccc5c5ccccc54)c3)c2)cc1. The van der Waals surface area contributed by atoms with Crippen LogP contribution in [0.15, 0.2) is 315 Å².